The van der Waals surface area contributed by atoms with Gasteiger partial charge in [-0.05, 0) is 33.3 Å². The number of methoxy groups -OCH3 is 2. The maximum Gasteiger partial charge on any atom is 0.422 e. The van der Waals surface area contributed by atoms with E-state index in [2.05, 4.69) is 19.6 Å². The van der Waals surface area contributed by atoms with Gasteiger partial charge in [-0.1, -0.05) is 0 Å². The highest BCUT2D eigenvalue weighted by Gasteiger charge is 2.24. The molecule has 3 rings (SSSR count). The van der Waals surface area contributed by atoms with Gasteiger partial charge in [0.25, 0.3) is 0 Å². The molecule has 1 aromatic carbocycles. The Labute approximate surface area is 216 Å². The molecule has 0 atom stereocenters. The number of carbonyl (C=O) groups excluding carboxylic acids is 2. The van der Waals surface area contributed by atoms with Crippen LogP contribution in [0.1, 0.15) is 33.6 Å². The topological polar surface area (TPSA) is 152 Å². The average molecular weight is 539 g/mol. The summed E-state index contributed by atoms with van der Waals surface area (Å²) < 4.78 is 43.8. The quantitative estimate of drug-likeness (QED) is 0.505. The minimum Gasteiger partial charge on any atom is -0.493 e. The van der Waals surface area contributed by atoms with Crippen LogP contribution >= 0.6 is 0 Å². The van der Waals surface area contributed by atoms with Crippen molar-refractivity contribution in [1.82, 2.24) is 24.3 Å². The van der Waals surface area contributed by atoms with Gasteiger partial charge in [-0.2, -0.15) is 13.1 Å². The zero-order valence-electron chi connectivity index (χ0n) is 21.7. The van der Waals surface area contributed by atoms with Crippen LogP contribution in [0.15, 0.2) is 18.5 Å². The first-order valence-corrected chi connectivity index (χ1v) is 13.3. The molecule has 1 aromatic heterocycles. The Morgan fingerprint density at radius 2 is 1.73 bits per heavy atom. The van der Waals surface area contributed by atoms with Crippen LogP contribution in [0.3, 0.4) is 0 Å². The molecule has 2 amide bonds. The monoisotopic (exact) mass is 538 g/mol. The van der Waals surface area contributed by atoms with E-state index in [1.165, 1.54) is 6.33 Å². The summed E-state index contributed by atoms with van der Waals surface area (Å²) in [6.45, 7) is 6.89. The van der Waals surface area contributed by atoms with Gasteiger partial charge in [0.05, 0.1) is 19.7 Å². The molecule has 2 aromatic rings. The number of hydrogen-bond donors (Lipinski definition) is 2. The molecule has 0 radical (unpaired) electrons. The van der Waals surface area contributed by atoms with Gasteiger partial charge in [0, 0.05) is 50.6 Å². The largest absolute Gasteiger partial charge is 0.493 e. The van der Waals surface area contributed by atoms with Crippen molar-refractivity contribution in [3.63, 3.8) is 0 Å². The molecular formula is C23H34N6O7S. The van der Waals surface area contributed by atoms with E-state index in [9.17, 15) is 18.0 Å². The molecule has 0 bridgehead atoms. The van der Waals surface area contributed by atoms with Crippen LogP contribution in [0.4, 0.5) is 10.6 Å². The van der Waals surface area contributed by atoms with E-state index in [-0.39, 0.29) is 18.9 Å². The Balaban J connectivity index is 1.58. The Hall–Kier alpha value is -3.39. The van der Waals surface area contributed by atoms with Crippen molar-refractivity contribution in [3.05, 3.63) is 18.5 Å². The van der Waals surface area contributed by atoms with Gasteiger partial charge in [0.2, 0.25) is 5.91 Å². The highest BCUT2D eigenvalue weighted by molar-refractivity contribution is 7.88. The molecule has 0 spiro atoms. The number of benzene rings is 1. The Morgan fingerprint density at radius 1 is 1.03 bits per heavy atom. The van der Waals surface area contributed by atoms with Crippen LogP contribution in [0.5, 0.6) is 11.5 Å². The summed E-state index contributed by atoms with van der Waals surface area (Å²) in [7, 11) is -1.02. The number of carbonyl (C=O) groups is 2. The molecule has 2 heterocycles. The summed E-state index contributed by atoms with van der Waals surface area (Å²) in [5, 5.41) is 0.812. The minimum absolute atomic E-state index is 0.0529. The number of nitrogens with one attached hydrogen (secondary N) is 2. The summed E-state index contributed by atoms with van der Waals surface area (Å²) in [6, 6.07) is 3.64. The van der Waals surface area contributed by atoms with Crippen LogP contribution in [0.2, 0.25) is 0 Å². The number of hydrogen-bond acceptors (Lipinski definition) is 10. The fraction of sp³-hybridized carbons (Fsp3) is 0.565. The van der Waals surface area contributed by atoms with Gasteiger partial charge in [-0.15, -0.1) is 0 Å². The second kappa shape index (κ2) is 11.8. The van der Waals surface area contributed by atoms with Crippen molar-refractivity contribution in [2.45, 2.75) is 39.2 Å². The lowest BCUT2D eigenvalue weighted by Crippen LogP contribution is -2.44. The van der Waals surface area contributed by atoms with Crippen molar-refractivity contribution >= 4 is 38.9 Å². The van der Waals surface area contributed by atoms with E-state index < -0.39 is 21.9 Å². The molecule has 0 aliphatic carbocycles. The molecule has 0 saturated carbocycles. The Kier molecular flexibility index (Phi) is 8.97. The van der Waals surface area contributed by atoms with Crippen molar-refractivity contribution in [2.24, 2.45) is 0 Å². The molecule has 1 saturated heterocycles. The highest BCUT2D eigenvalue weighted by atomic mass is 32.2. The van der Waals surface area contributed by atoms with Crippen molar-refractivity contribution in [2.75, 3.05) is 51.8 Å². The van der Waals surface area contributed by atoms with E-state index >= 15 is 0 Å². The maximum absolute atomic E-state index is 12.8. The predicted octanol–water partition coefficient (Wildman–Crippen LogP) is 1.43. The second-order valence-corrected chi connectivity index (χ2v) is 10.9. The Bertz CT molecular complexity index is 1230. The van der Waals surface area contributed by atoms with Gasteiger partial charge in [-0.3, -0.25) is 4.79 Å². The molecule has 13 nitrogen and oxygen atoms in total. The van der Waals surface area contributed by atoms with Gasteiger partial charge < -0.3 is 24.0 Å². The number of ether oxygens (including phenoxy) is 3. The lowest BCUT2D eigenvalue weighted by Gasteiger charge is -2.24. The third kappa shape index (κ3) is 7.79. The van der Waals surface area contributed by atoms with Crippen LogP contribution in [-0.4, -0.2) is 87.8 Å². The summed E-state index contributed by atoms with van der Waals surface area (Å²) >= 11 is 0. The maximum atomic E-state index is 12.8. The number of fused-ring (bicyclic) bond motifs is 1. The number of rotatable bonds is 8. The second-order valence-electron chi connectivity index (χ2n) is 9.39. The summed E-state index contributed by atoms with van der Waals surface area (Å²) in [6.07, 6.45) is 1.06. The van der Waals surface area contributed by atoms with Gasteiger partial charge in [-0.25, -0.2) is 19.5 Å². The highest BCUT2D eigenvalue weighted by Crippen LogP contribution is 2.34. The molecule has 1 aliphatic rings. The molecule has 37 heavy (non-hydrogen) atoms. The summed E-state index contributed by atoms with van der Waals surface area (Å²) in [5.41, 5.74) is -0.125. The van der Waals surface area contributed by atoms with Crippen LogP contribution in [0, 0.1) is 0 Å². The molecule has 14 heteroatoms. The van der Waals surface area contributed by atoms with E-state index in [0.717, 1.165) is 11.2 Å². The zero-order valence-corrected chi connectivity index (χ0v) is 22.6. The first-order valence-electron chi connectivity index (χ1n) is 11.8. The van der Waals surface area contributed by atoms with E-state index in [4.69, 9.17) is 14.2 Å². The number of amides is 2. The van der Waals surface area contributed by atoms with Crippen LogP contribution in [-0.2, 0) is 19.7 Å². The lowest BCUT2D eigenvalue weighted by molar-refractivity contribution is -0.130. The predicted molar refractivity (Wildman–Crippen MR) is 137 cm³/mol. The van der Waals surface area contributed by atoms with E-state index in [0.29, 0.717) is 49.6 Å². The third-order valence-electron chi connectivity index (χ3n) is 5.52. The van der Waals surface area contributed by atoms with Crippen molar-refractivity contribution in [1.29, 1.82) is 0 Å². The van der Waals surface area contributed by atoms with Crippen molar-refractivity contribution < 1.29 is 32.2 Å². The average Bonchev–Trinajstić information content (AvgIpc) is 3.07. The summed E-state index contributed by atoms with van der Waals surface area (Å²) in [5.74, 6) is 1.69. The fourth-order valence-electron chi connectivity index (χ4n) is 3.90. The van der Waals surface area contributed by atoms with Crippen LogP contribution < -0.4 is 23.8 Å². The lowest BCUT2D eigenvalue weighted by atomic mass is 10.2. The van der Waals surface area contributed by atoms with E-state index in [1.807, 2.05) is 6.07 Å². The van der Waals surface area contributed by atoms with Gasteiger partial charge in [0.1, 0.15) is 17.7 Å². The van der Waals surface area contributed by atoms with Crippen LogP contribution in [0.25, 0.3) is 10.9 Å². The third-order valence-corrected chi connectivity index (χ3v) is 6.53. The standard InChI is InChI=1S/C23H34N6O7S/c1-23(2,3)36-22(31)27-37(32,33)26-8-7-20(30)28-9-6-10-29(12-11-28)21-16-13-18(34-4)19(35-5)14-17(16)24-15-25-21/h13-15,26H,6-12H2,1-5H3,(H,27,31). The zero-order chi connectivity index (χ0) is 27.2. The normalized spacial score (nSPS) is 14.7. The summed E-state index contributed by atoms with van der Waals surface area (Å²) in [4.78, 5) is 37.1. The number of anilines is 1. The Morgan fingerprint density at radius 3 is 2.41 bits per heavy atom. The smallest absolute Gasteiger partial charge is 0.422 e. The molecular weight excluding hydrogens is 504 g/mol. The number of nitrogens with zero attached hydrogens (tertiary/aromatic N) is 4. The SMILES string of the molecule is COc1cc2ncnc(N3CCCN(C(=O)CCNS(=O)(=O)NC(=O)OC(C)(C)C)CC3)c2cc1OC. The molecule has 1 aliphatic heterocycles. The first-order chi connectivity index (χ1) is 17.4. The van der Waals surface area contributed by atoms with Gasteiger partial charge >= 0.3 is 16.3 Å². The van der Waals surface area contributed by atoms with E-state index in [1.54, 1.807) is 50.7 Å². The number of aromatic nitrogens is 2. The van der Waals surface area contributed by atoms with Crippen molar-refractivity contribution in [3.8, 4) is 11.5 Å². The molecule has 1 fully saturated rings. The van der Waals surface area contributed by atoms with Gasteiger partial charge in [0.15, 0.2) is 11.5 Å². The molecule has 0 unspecified atom stereocenters. The first kappa shape index (κ1) is 28.2. The molecule has 204 valence electrons. The molecule has 2 N–H and O–H groups in total. The minimum atomic E-state index is -4.15. The fourth-order valence-corrected chi connectivity index (χ4v) is 4.60.